The van der Waals surface area contributed by atoms with Gasteiger partial charge in [-0.25, -0.2) is 0 Å². The fourth-order valence-corrected chi connectivity index (χ4v) is 0.814. The van der Waals surface area contributed by atoms with Crippen LogP contribution in [0.5, 0.6) is 0 Å². The van der Waals surface area contributed by atoms with Gasteiger partial charge in [0, 0.05) is 13.2 Å². The Morgan fingerprint density at radius 2 is 2.25 bits per heavy atom. The lowest BCUT2D eigenvalue weighted by molar-refractivity contribution is 0.189. The predicted octanol–water partition coefficient (Wildman–Crippen LogP) is -0.258. The van der Waals surface area contributed by atoms with Crippen molar-refractivity contribution in [2.24, 2.45) is 0 Å². The third-order valence-electron chi connectivity index (χ3n) is 0.737. The fourth-order valence-electron chi connectivity index (χ4n) is 0.271. The lowest BCUT2D eigenvalue weighted by Crippen LogP contribution is -2.36. The summed E-state index contributed by atoms with van der Waals surface area (Å²) in [5, 5.41) is 0. The molecular weight excluding hydrogens is 124 g/mol. The first-order chi connectivity index (χ1) is 3.62. The van der Waals surface area contributed by atoms with Crippen molar-refractivity contribution in [2.75, 3.05) is 7.11 Å². The molecule has 0 radical (unpaired) electrons. The summed E-state index contributed by atoms with van der Waals surface area (Å²) in [5.74, 6) is 0. The van der Waals surface area contributed by atoms with Gasteiger partial charge in [0.25, 0.3) is 0 Å². The van der Waals surface area contributed by atoms with Gasteiger partial charge < -0.3 is 14.0 Å². The maximum Gasteiger partial charge on any atom is 0.499 e. The zero-order valence-corrected chi connectivity index (χ0v) is 5.79. The minimum Gasteiger partial charge on any atom is -0.390 e. The second-order valence-corrected chi connectivity index (χ2v) is 3.74. The van der Waals surface area contributed by atoms with Crippen LogP contribution in [-0.4, -0.2) is 25.5 Å². The summed E-state index contributed by atoms with van der Waals surface area (Å²) in [6.45, 7) is 3.33. The Hall–Kier alpha value is -0.163. The SMILES string of the molecule is C=CC[Si](O)(O)OC. The molecule has 0 unspecified atom stereocenters. The van der Waals surface area contributed by atoms with E-state index in [1.807, 2.05) is 0 Å². The third-order valence-corrected chi connectivity index (χ3v) is 2.21. The first kappa shape index (κ1) is 7.84. The summed E-state index contributed by atoms with van der Waals surface area (Å²) in [6, 6.07) is 0.156. The van der Waals surface area contributed by atoms with E-state index in [0.717, 1.165) is 0 Å². The molecule has 0 aromatic rings. The number of hydrogen-bond acceptors (Lipinski definition) is 3. The summed E-state index contributed by atoms with van der Waals surface area (Å²) < 4.78 is 4.36. The first-order valence-electron chi connectivity index (χ1n) is 2.23. The van der Waals surface area contributed by atoms with E-state index in [9.17, 15) is 0 Å². The molecule has 0 aliphatic heterocycles. The quantitative estimate of drug-likeness (QED) is 0.413. The van der Waals surface area contributed by atoms with Gasteiger partial charge in [-0.1, -0.05) is 6.08 Å². The van der Waals surface area contributed by atoms with Crippen LogP contribution in [0.15, 0.2) is 12.7 Å². The van der Waals surface area contributed by atoms with Crippen molar-refractivity contribution in [3.8, 4) is 0 Å². The Morgan fingerprint density at radius 1 is 1.75 bits per heavy atom. The average Bonchev–Trinajstić information content (AvgIpc) is 1.67. The van der Waals surface area contributed by atoms with Gasteiger partial charge in [-0.3, -0.25) is 0 Å². The van der Waals surface area contributed by atoms with Crippen LogP contribution >= 0.6 is 0 Å². The monoisotopic (exact) mass is 134 g/mol. The molecule has 0 saturated carbocycles. The van der Waals surface area contributed by atoms with Gasteiger partial charge in [0.2, 0.25) is 0 Å². The molecule has 3 nitrogen and oxygen atoms in total. The van der Waals surface area contributed by atoms with Crippen LogP contribution in [0.25, 0.3) is 0 Å². The smallest absolute Gasteiger partial charge is 0.390 e. The van der Waals surface area contributed by atoms with E-state index >= 15 is 0 Å². The highest BCUT2D eigenvalue weighted by atomic mass is 28.4. The molecule has 0 atom stereocenters. The highest BCUT2D eigenvalue weighted by Gasteiger charge is 2.27. The molecule has 0 aromatic carbocycles. The Kier molecular flexibility index (Phi) is 2.92. The number of allylic oxidation sites excluding steroid dienone is 1. The van der Waals surface area contributed by atoms with Gasteiger partial charge in [0.15, 0.2) is 0 Å². The number of hydrogen-bond donors (Lipinski definition) is 2. The predicted molar refractivity (Wildman–Crippen MR) is 32.2 cm³/mol. The van der Waals surface area contributed by atoms with E-state index in [1.54, 1.807) is 0 Å². The summed E-state index contributed by atoms with van der Waals surface area (Å²) in [7, 11) is -2.02. The van der Waals surface area contributed by atoms with E-state index in [1.165, 1.54) is 13.2 Å². The second kappa shape index (κ2) is 2.98. The molecule has 0 heterocycles. The Morgan fingerprint density at radius 3 is 2.38 bits per heavy atom. The van der Waals surface area contributed by atoms with Crippen LogP contribution in [0.1, 0.15) is 0 Å². The summed E-state index contributed by atoms with van der Waals surface area (Å²) in [5.41, 5.74) is 0. The molecule has 0 fully saturated rings. The third kappa shape index (κ3) is 2.92. The van der Waals surface area contributed by atoms with Crippen LogP contribution in [0.2, 0.25) is 6.04 Å². The van der Waals surface area contributed by atoms with Crippen LogP contribution in [-0.2, 0) is 4.43 Å². The van der Waals surface area contributed by atoms with Crippen molar-refractivity contribution in [3.05, 3.63) is 12.7 Å². The molecule has 2 N–H and O–H groups in total. The molecular formula is C4H10O3Si. The van der Waals surface area contributed by atoms with Gasteiger partial charge in [-0.15, -0.1) is 6.58 Å². The Bertz CT molecular complexity index is 81.4. The standard InChI is InChI=1S/C4H10O3Si/c1-3-4-8(5,6)7-2/h3,5-6H,1,4H2,2H3. The van der Waals surface area contributed by atoms with Crippen molar-refractivity contribution in [1.82, 2.24) is 0 Å². The maximum atomic E-state index is 8.72. The Labute approximate surface area is 49.6 Å². The van der Waals surface area contributed by atoms with Crippen molar-refractivity contribution in [3.63, 3.8) is 0 Å². The minimum atomic E-state index is -3.30. The van der Waals surface area contributed by atoms with E-state index < -0.39 is 8.80 Å². The lowest BCUT2D eigenvalue weighted by Gasteiger charge is -2.10. The van der Waals surface area contributed by atoms with Crippen molar-refractivity contribution < 1.29 is 14.0 Å². The highest BCUT2D eigenvalue weighted by Crippen LogP contribution is 2.00. The van der Waals surface area contributed by atoms with E-state index in [0.29, 0.717) is 0 Å². The maximum absolute atomic E-state index is 8.72. The van der Waals surface area contributed by atoms with Crippen LogP contribution < -0.4 is 0 Å². The zero-order valence-electron chi connectivity index (χ0n) is 4.79. The fraction of sp³-hybridized carbons (Fsp3) is 0.500. The van der Waals surface area contributed by atoms with Gasteiger partial charge in [-0.2, -0.15) is 0 Å². The molecule has 0 aromatic heterocycles. The van der Waals surface area contributed by atoms with E-state index in [2.05, 4.69) is 11.0 Å². The molecule has 0 saturated heterocycles. The largest absolute Gasteiger partial charge is 0.499 e. The lowest BCUT2D eigenvalue weighted by atomic mass is 10.8. The molecule has 4 heteroatoms. The van der Waals surface area contributed by atoms with Gasteiger partial charge in [-0.05, 0) is 0 Å². The second-order valence-electron chi connectivity index (χ2n) is 1.44. The average molecular weight is 134 g/mol. The van der Waals surface area contributed by atoms with Gasteiger partial charge in [0.1, 0.15) is 0 Å². The van der Waals surface area contributed by atoms with Gasteiger partial charge in [0.05, 0.1) is 0 Å². The van der Waals surface area contributed by atoms with E-state index in [4.69, 9.17) is 9.59 Å². The zero-order chi connectivity index (χ0) is 6.62. The molecule has 0 rings (SSSR count). The molecule has 0 amide bonds. The summed E-state index contributed by atoms with van der Waals surface area (Å²) >= 11 is 0. The van der Waals surface area contributed by atoms with E-state index in [-0.39, 0.29) is 6.04 Å². The molecule has 0 aliphatic carbocycles. The van der Waals surface area contributed by atoms with Crippen LogP contribution in [0.3, 0.4) is 0 Å². The first-order valence-corrected chi connectivity index (χ1v) is 4.24. The topological polar surface area (TPSA) is 49.7 Å². The summed E-state index contributed by atoms with van der Waals surface area (Å²) in [4.78, 5) is 17.4. The van der Waals surface area contributed by atoms with Gasteiger partial charge >= 0.3 is 8.80 Å². The summed E-state index contributed by atoms with van der Waals surface area (Å²) in [6.07, 6.45) is 1.43. The number of rotatable bonds is 3. The molecule has 0 bridgehead atoms. The van der Waals surface area contributed by atoms with Crippen molar-refractivity contribution in [1.29, 1.82) is 0 Å². The highest BCUT2D eigenvalue weighted by molar-refractivity contribution is 6.58. The molecule has 0 aliphatic rings. The molecule has 48 valence electrons. The van der Waals surface area contributed by atoms with Crippen LogP contribution in [0.4, 0.5) is 0 Å². The Balaban J connectivity index is 3.53. The van der Waals surface area contributed by atoms with Crippen LogP contribution in [0, 0.1) is 0 Å². The van der Waals surface area contributed by atoms with Crippen molar-refractivity contribution in [2.45, 2.75) is 6.04 Å². The van der Waals surface area contributed by atoms with Crippen molar-refractivity contribution >= 4 is 8.80 Å². The minimum absolute atomic E-state index is 0.156. The molecule has 0 spiro atoms. The normalized spacial score (nSPS) is 11.4. The molecule has 8 heavy (non-hydrogen) atoms.